The molecule has 0 saturated carbocycles. The molecule has 0 radical (unpaired) electrons. The standard InChI is InChI=1S/C19H24N4O3/c1-13-5-4-10-23(11-13)19(25)14-6-8-15(9-7-14)20-17(24)16-12-22(2)21-18(16)26-3/h6-9,12-13H,4-5,10-11H2,1-3H3,(H,20,24). The largest absolute Gasteiger partial charge is 0.479 e. The van der Waals surface area contributed by atoms with E-state index in [1.165, 1.54) is 18.2 Å². The summed E-state index contributed by atoms with van der Waals surface area (Å²) in [6.45, 7) is 3.78. The van der Waals surface area contributed by atoms with Crippen LogP contribution < -0.4 is 10.1 Å². The lowest BCUT2D eigenvalue weighted by atomic mass is 9.99. The maximum Gasteiger partial charge on any atom is 0.262 e. The number of anilines is 1. The van der Waals surface area contributed by atoms with Gasteiger partial charge in [0, 0.05) is 37.6 Å². The Labute approximate surface area is 152 Å². The summed E-state index contributed by atoms with van der Waals surface area (Å²) in [4.78, 5) is 26.9. The van der Waals surface area contributed by atoms with E-state index in [4.69, 9.17) is 4.74 Å². The number of hydrogen-bond acceptors (Lipinski definition) is 4. The van der Waals surface area contributed by atoms with Crippen molar-refractivity contribution in [3.63, 3.8) is 0 Å². The van der Waals surface area contributed by atoms with Gasteiger partial charge < -0.3 is 15.0 Å². The number of benzene rings is 1. The van der Waals surface area contributed by atoms with E-state index in [1.54, 1.807) is 37.5 Å². The third-order valence-electron chi connectivity index (χ3n) is 4.57. The normalized spacial score (nSPS) is 17.0. The number of amides is 2. The Hall–Kier alpha value is -2.83. The molecule has 2 heterocycles. The number of rotatable bonds is 4. The van der Waals surface area contributed by atoms with E-state index in [-0.39, 0.29) is 17.7 Å². The molecular formula is C19H24N4O3. The van der Waals surface area contributed by atoms with Crippen molar-refractivity contribution < 1.29 is 14.3 Å². The zero-order chi connectivity index (χ0) is 18.7. The summed E-state index contributed by atoms with van der Waals surface area (Å²) in [6.07, 6.45) is 3.82. The number of aromatic nitrogens is 2. The summed E-state index contributed by atoms with van der Waals surface area (Å²) >= 11 is 0. The van der Waals surface area contributed by atoms with E-state index in [9.17, 15) is 9.59 Å². The third-order valence-corrected chi connectivity index (χ3v) is 4.57. The first kappa shape index (κ1) is 18.0. The van der Waals surface area contributed by atoms with Gasteiger partial charge in [0.15, 0.2) is 0 Å². The van der Waals surface area contributed by atoms with Gasteiger partial charge in [0.05, 0.1) is 7.11 Å². The minimum atomic E-state index is -0.307. The van der Waals surface area contributed by atoms with E-state index in [0.717, 1.165) is 19.5 Å². The molecule has 1 N–H and O–H groups in total. The van der Waals surface area contributed by atoms with Crippen molar-refractivity contribution in [2.75, 3.05) is 25.5 Å². The number of methoxy groups -OCH3 is 1. The molecule has 0 bridgehead atoms. The molecule has 1 atom stereocenters. The molecular weight excluding hydrogens is 332 g/mol. The van der Waals surface area contributed by atoms with E-state index >= 15 is 0 Å². The monoisotopic (exact) mass is 356 g/mol. The highest BCUT2D eigenvalue weighted by Gasteiger charge is 2.22. The number of aryl methyl sites for hydroxylation is 1. The Kier molecular flexibility index (Phi) is 5.25. The molecule has 0 spiro atoms. The maximum absolute atomic E-state index is 12.6. The quantitative estimate of drug-likeness (QED) is 0.913. The summed E-state index contributed by atoms with van der Waals surface area (Å²) in [5.74, 6) is 0.555. The number of nitrogens with zero attached hydrogens (tertiary/aromatic N) is 3. The van der Waals surface area contributed by atoms with Crippen molar-refractivity contribution in [1.29, 1.82) is 0 Å². The van der Waals surface area contributed by atoms with Crippen molar-refractivity contribution in [3.05, 3.63) is 41.6 Å². The Morgan fingerprint density at radius 1 is 1.27 bits per heavy atom. The zero-order valence-electron chi connectivity index (χ0n) is 15.4. The van der Waals surface area contributed by atoms with Crippen LogP contribution >= 0.6 is 0 Å². The van der Waals surface area contributed by atoms with Crippen molar-refractivity contribution in [2.45, 2.75) is 19.8 Å². The Balaban J connectivity index is 1.67. The lowest BCUT2D eigenvalue weighted by molar-refractivity contribution is 0.0683. The molecule has 1 aliphatic rings. The molecule has 0 aliphatic carbocycles. The van der Waals surface area contributed by atoms with Gasteiger partial charge in [-0.05, 0) is 43.0 Å². The van der Waals surface area contributed by atoms with Crippen molar-refractivity contribution >= 4 is 17.5 Å². The number of piperidine rings is 1. The fraction of sp³-hybridized carbons (Fsp3) is 0.421. The minimum absolute atomic E-state index is 0.0448. The molecule has 7 heteroatoms. The molecule has 1 fully saturated rings. The molecule has 1 unspecified atom stereocenters. The highest BCUT2D eigenvalue weighted by atomic mass is 16.5. The molecule has 1 saturated heterocycles. The van der Waals surface area contributed by atoms with Crippen molar-refractivity contribution in [1.82, 2.24) is 14.7 Å². The van der Waals surface area contributed by atoms with Crippen molar-refractivity contribution in [3.8, 4) is 5.88 Å². The van der Waals surface area contributed by atoms with Crippen LogP contribution in [-0.4, -0.2) is 46.7 Å². The lowest BCUT2D eigenvalue weighted by Gasteiger charge is -2.31. The van der Waals surface area contributed by atoms with Crippen LogP contribution in [-0.2, 0) is 7.05 Å². The molecule has 26 heavy (non-hydrogen) atoms. The predicted octanol–water partition coefficient (Wildman–Crippen LogP) is 2.55. The number of ether oxygens (including phenoxy) is 1. The molecule has 1 aromatic heterocycles. The molecule has 138 valence electrons. The van der Waals surface area contributed by atoms with Crippen LogP contribution in [0.25, 0.3) is 0 Å². The second-order valence-electron chi connectivity index (χ2n) is 6.76. The number of carbonyl (C=O) groups excluding carboxylic acids is 2. The third kappa shape index (κ3) is 3.87. The Bertz CT molecular complexity index is 798. The van der Waals surface area contributed by atoms with Gasteiger partial charge in [-0.25, -0.2) is 0 Å². The number of carbonyl (C=O) groups is 2. The lowest BCUT2D eigenvalue weighted by Crippen LogP contribution is -2.39. The minimum Gasteiger partial charge on any atom is -0.479 e. The second kappa shape index (κ2) is 7.59. The van der Waals surface area contributed by atoms with Crippen LogP contribution in [0.5, 0.6) is 5.88 Å². The SMILES string of the molecule is COc1nn(C)cc1C(=O)Nc1ccc(C(=O)N2CCCC(C)C2)cc1. The van der Waals surface area contributed by atoms with Crippen LogP contribution in [0.15, 0.2) is 30.5 Å². The van der Waals surface area contributed by atoms with Gasteiger partial charge in [-0.2, -0.15) is 0 Å². The Morgan fingerprint density at radius 2 is 2.00 bits per heavy atom. The van der Waals surface area contributed by atoms with E-state index in [1.807, 2.05) is 4.90 Å². The van der Waals surface area contributed by atoms with Gasteiger partial charge in [-0.1, -0.05) is 6.92 Å². The summed E-state index contributed by atoms with van der Waals surface area (Å²) < 4.78 is 6.63. The van der Waals surface area contributed by atoms with Crippen LogP contribution in [0.1, 0.15) is 40.5 Å². The first-order valence-corrected chi connectivity index (χ1v) is 8.76. The van der Waals surface area contributed by atoms with E-state index in [0.29, 0.717) is 22.7 Å². The topological polar surface area (TPSA) is 76.5 Å². The van der Waals surface area contributed by atoms with Crippen LogP contribution in [0.2, 0.25) is 0 Å². The number of hydrogen-bond donors (Lipinski definition) is 1. The molecule has 7 nitrogen and oxygen atoms in total. The van der Waals surface area contributed by atoms with Gasteiger partial charge in [-0.15, -0.1) is 5.10 Å². The molecule has 2 aromatic rings. The van der Waals surface area contributed by atoms with Crippen LogP contribution in [0, 0.1) is 5.92 Å². The number of likely N-dealkylation sites (tertiary alicyclic amines) is 1. The first-order valence-electron chi connectivity index (χ1n) is 8.76. The van der Waals surface area contributed by atoms with E-state index < -0.39 is 0 Å². The molecule has 3 rings (SSSR count). The zero-order valence-corrected chi connectivity index (χ0v) is 15.4. The highest BCUT2D eigenvalue weighted by Crippen LogP contribution is 2.20. The summed E-state index contributed by atoms with van der Waals surface area (Å²) in [6, 6.07) is 6.97. The fourth-order valence-corrected chi connectivity index (χ4v) is 3.23. The van der Waals surface area contributed by atoms with Crippen LogP contribution in [0.4, 0.5) is 5.69 Å². The first-order chi connectivity index (χ1) is 12.5. The summed E-state index contributed by atoms with van der Waals surface area (Å²) in [7, 11) is 3.20. The van der Waals surface area contributed by atoms with Gasteiger partial charge in [0.2, 0.25) is 5.88 Å². The predicted molar refractivity (Wildman–Crippen MR) is 98.5 cm³/mol. The molecule has 1 aliphatic heterocycles. The van der Waals surface area contributed by atoms with E-state index in [2.05, 4.69) is 17.3 Å². The highest BCUT2D eigenvalue weighted by molar-refractivity contribution is 6.06. The molecule has 2 amide bonds. The average Bonchev–Trinajstić information content (AvgIpc) is 3.03. The van der Waals surface area contributed by atoms with Gasteiger partial charge in [0.25, 0.3) is 11.8 Å². The van der Waals surface area contributed by atoms with Gasteiger partial charge in [0.1, 0.15) is 5.56 Å². The fourth-order valence-electron chi connectivity index (χ4n) is 3.23. The smallest absolute Gasteiger partial charge is 0.262 e. The Morgan fingerprint density at radius 3 is 2.65 bits per heavy atom. The van der Waals surface area contributed by atoms with Gasteiger partial charge in [-0.3, -0.25) is 14.3 Å². The maximum atomic E-state index is 12.6. The number of nitrogens with one attached hydrogen (secondary N) is 1. The summed E-state index contributed by atoms with van der Waals surface area (Å²) in [5, 5.41) is 6.87. The van der Waals surface area contributed by atoms with Crippen molar-refractivity contribution in [2.24, 2.45) is 13.0 Å². The van der Waals surface area contributed by atoms with Gasteiger partial charge >= 0.3 is 0 Å². The second-order valence-corrected chi connectivity index (χ2v) is 6.76. The summed E-state index contributed by atoms with van der Waals surface area (Å²) in [5.41, 5.74) is 1.61. The average molecular weight is 356 g/mol. The molecule has 1 aromatic carbocycles. The van der Waals surface area contributed by atoms with Crippen LogP contribution in [0.3, 0.4) is 0 Å².